The molecule has 0 aliphatic carbocycles. The number of aliphatic hydroxyl groups is 2. The van der Waals surface area contributed by atoms with E-state index in [0.717, 1.165) is 66.4 Å². The average molecular weight is 883 g/mol. The molecule has 2 N–H and O–H groups in total. The van der Waals surface area contributed by atoms with Crippen molar-refractivity contribution in [1.29, 1.82) is 0 Å². The first-order valence-electron chi connectivity index (χ1n) is 24.2. The third-order valence-electron chi connectivity index (χ3n) is 14.5. The molecule has 0 saturated carbocycles. The van der Waals surface area contributed by atoms with Crippen LogP contribution in [-0.2, 0) is 27.4 Å². The van der Waals surface area contributed by atoms with Gasteiger partial charge in [-0.1, -0.05) is 265 Å². The first-order valence-corrected chi connectivity index (χ1v) is 24.2. The normalized spacial score (nSPS) is 14.0. The van der Waals surface area contributed by atoms with E-state index in [9.17, 15) is 10.2 Å². The van der Waals surface area contributed by atoms with Gasteiger partial charge >= 0.3 is 0 Å². The van der Waals surface area contributed by atoms with Gasteiger partial charge in [-0.05, 0) is 106 Å². The van der Waals surface area contributed by atoms with Crippen molar-refractivity contribution in [2.24, 2.45) is 5.92 Å². The van der Waals surface area contributed by atoms with Gasteiger partial charge < -0.3 is 10.2 Å². The van der Waals surface area contributed by atoms with Crippen molar-refractivity contribution in [2.45, 2.75) is 116 Å². The van der Waals surface area contributed by atoms with Crippen molar-refractivity contribution < 1.29 is 10.2 Å². The second-order valence-electron chi connectivity index (χ2n) is 22.4. The monoisotopic (exact) mass is 883 g/mol. The van der Waals surface area contributed by atoms with Crippen LogP contribution in [0.3, 0.4) is 0 Å². The molecule has 0 radical (unpaired) electrons. The Morgan fingerprint density at radius 3 is 0.866 bits per heavy atom. The summed E-state index contributed by atoms with van der Waals surface area (Å²) in [4.78, 5) is 0. The molecule has 2 unspecified atom stereocenters. The molecule has 2 atom stereocenters. The predicted octanol–water partition coefficient (Wildman–Crippen LogP) is 16.4. The van der Waals surface area contributed by atoms with E-state index in [-0.39, 0.29) is 16.2 Å². The van der Waals surface area contributed by atoms with Crippen LogP contribution in [0.2, 0.25) is 0 Å². The molecule has 0 aliphatic heterocycles. The zero-order chi connectivity index (χ0) is 48.1. The molecule has 0 aromatic heterocycles. The minimum absolute atomic E-state index is 0.0358. The van der Waals surface area contributed by atoms with Gasteiger partial charge in [-0.2, -0.15) is 0 Å². The minimum Gasteiger partial charge on any atom is -0.376 e. The highest BCUT2D eigenvalue weighted by molar-refractivity contribution is 6.06. The van der Waals surface area contributed by atoms with Crippen molar-refractivity contribution in [3.05, 3.63) is 238 Å². The number of rotatable bonds is 10. The molecule has 67 heavy (non-hydrogen) atoms. The Balaban J connectivity index is 1.33. The zero-order valence-electron chi connectivity index (χ0n) is 41.9. The molecular formula is C65H70O2. The highest BCUT2D eigenvalue weighted by atomic mass is 16.3. The molecule has 0 saturated heterocycles. The average Bonchev–Trinajstić information content (AvgIpc) is 3.32. The molecule has 0 bridgehead atoms. The fourth-order valence-electron chi connectivity index (χ4n) is 9.84. The van der Waals surface area contributed by atoms with Crippen LogP contribution < -0.4 is 0 Å². The third-order valence-corrected chi connectivity index (χ3v) is 14.5. The second kappa shape index (κ2) is 17.9. The largest absolute Gasteiger partial charge is 0.376 e. The molecule has 0 heterocycles. The van der Waals surface area contributed by atoms with Gasteiger partial charge in [0.1, 0.15) is 11.2 Å². The lowest BCUT2D eigenvalue weighted by Crippen LogP contribution is -2.30. The van der Waals surface area contributed by atoms with Crippen LogP contribution in [0.4, 0.5) is 0 Å². The van der Waals surface area contributed by atoms with Gasteiger partial charge in [-0.25, -0.2) is 0 Å². The van der Waals surface area contributed by atoms with Crippen molar-refractivity contribution in [3.63, 3.8) is 0 Å². The maximum absolute atomic E-state index is 13.6. The van der Waals surface area contributed by atoms with Gasteiger partial charge in [0.25, 0.3) is 0 Å². The lowest BCUT2D eigenvalue weighted by atomic mass is 9.74. The van der Waals surface area contributed by atoms with E-state index in [1.807, 2.05) is 12.1 Å². The van der Waals surface area contributed by atoms with Crippen LogP contribution in [-0.4, -0.2) is 10.2 Å². The van der Waals surface area contributed by atoms with Crippen LogP contribution in [0.25, 0.3) is 33.0 Å². The molecule has 2 nitrogen and oxygen atoms in total. The van der Waals surface area contributed by atoms with E-state index in [2.05, 4.69) is 253 Å². The van der Waals surface area contributed by atoms with Gasteiger partial charge in [-0.15, -0.1) is 0 Å². The van der Waals surface area contributed by atoms with Crippen LogP contribution in [0.1, 0.15) is 145 Å². The number of hydrogen-bond donors (Lipinski definition) is 2. The summed E-state index contributed by atoms with van der Waals surface area (Å²) in [5, 5.41) is 29.4. The molecular weight excluding hydrogens is 813 g/mol. The Morgan fingerprint density at radius 2 is 0.567 bits per heavy atom. The van der Waals surface area contributed by atoms with E-state index < -0.39 is 11.2 Å². The van der Waals surface area contributed by atoms with Crippen LogP contribution in [0, 0.1) is 5.92 Å². The van der Waals surface area contributed by atoms with Gasteiger partial charge in [0, 0.05) is 11.1 Å². The summed E-state index contributed by atoms with van der Waals surface area (Å²) in [5.74, 6) is 0.877. The highest BCUT2D eigenvalue weighted by Crippen LogP contribution is 2.48. The molecule has 8 aromatic carbocycles. The summed E-state index contributed by atoms with van der Waals surface area (Å²) < 4.78 is 0. The lowest BCUT2D eigenvalue weighted by Gasteiger charge is -2.34. The van der Waals surface area contributed by atoms with Crippen molar-refractivity contribution in [2.75, 3.05) is 0 Å². The Labute approximate surface area is 401 Å². The first-order chi connectivity index (χ1) is 31.6. The fraction of sp³-hybridized carbons (Fsp3) is 0.292. The standard InChI is InChI=1S/C65H70O2/c1-43(2)44(3)45-25-27-49(28-26-45)64(66,50-35-29-46(30-36-50)61(4,5)6)59-23-17-15-21-57(59)55-41-42-56(54-20-14-13-19-53(54)55)58-22-16-18-24-60(58)65(67,51-37-31-47(32-38-51)62(7,8)9)52-39-33-48(34-40-52)63(10,11)12/h13-44,66-67H,1-12H3. The van der Waals surface area contributed by atoms with Gasteiger partial charge in [0.05, 0.1) is 0 Å². The number of hydrogen-bond acceptors (Lipinski definition) is 2. The number of fused-ring (bicyclic) bond motifs is 1. The molecule has 0 amide bonds. The Hall–Kier alpha value is -6.06. The Morgan fingerprint density at radius 1 is 0.299 bits per heavy atom. The van der Waals surface area contributed by atoms with Gasteiger partial charge in [0.2, 0.25) is 0 Å². The van der Waals surface area contributed by atoms with Gasteiger partial charge in [-0.3, -0.25) is 0 Å². The molecule has 0 fully saturated rings. The summed E-state index contributed by atoms with van der Waals surface area (Å²) in [6.07, 6.45) is 0. The van der Waals surface area contributed by atoms with Crippen molar-refractivity contribution >= 4 is 10.8 Å². The van der Waals surface area contributed by atoms with Crippen LogP contribution >= 0.6 is 0 Å². The predicted molar refractivity (Wildman–Crippen MR) is 284 cm³/mol. The molecule has 8 rings (SSSR count). The van der Waals surface area contributed by atoms with E-state index in [0.29, 0.717) is 11.8 Å². The van der Waals surface area contributed by atoms with Gasteiger partial charge in [0.15, 0.2) is 0 Å². The minimum atomic E-state index is -1.47. The lowest BCUT2D eigenvalue weighted by molar-refractivity contribution is 0.126. The second-order valence-corrected chi connectivity index (χ2v) is 22.4. The molecule has 0 aliphatic rings. The molecule has 0 spiro atoms. The number of benzene rings is 8. The van der Waals surface area contributed by atoms with E-state index in [1.54, 1.807) is 0 Å². The third kappa shape index (κ3) is 8.95. The summed E-state index contributed by atoms with van der Waals surface area (Å²) in [6, 6.07) is 63.9. The molecule has 342 valence electrons. The summed E-state index contributed by atoms with van der Waals surface area (Å²) in [5.41, 5.74) is 10.7. The smallest absolute Gasteiger partial charge is 0.141 e. The summed E-state index contributed by atoms with van der Waals surface area (Å²) in [7, 11) is 0. The molecule has 8 aromatic rings. The quantitative estimate of drug-likeness (QED) is 0.134. The molecule has 2 heteroatoms. The zero-order valence-corrected chi connectivity index (χ0v) is 41.9. The topological polar surface area (TPSA) is 40.5 Å². The van der Waals surface area contributed by atoms with Crippen LogP contribution in [0.15, 0.2) is 182 Å². The van der Waals surface area contributed by atoms with E-state index >= 15 is 0 Å². The van der Waals surface area contributed by atoms with E-state index in [4.69, 9.17) is 0 Å². The van der Waals surface area contributed by atoms with Crippen molar-refractivity contribution in [3.8, 4) is 22.3 Å². The first kappa shape index (κ1) is 47.4. The van der Waals surface area contributed by atoms with E-state index in [1.165, 1.54) is 22.3 Å². The maximum atomic E-state index is 13.6. The van der Waals surface area contributed by atoms with Crippen LogP contribution in [0.5, 0.6) is 0 Å². The summed E-state index contributed by atoms with van der Waals surface area (Å²) >= 11 is 0. The Bertz CT molecular complexity index is 2930. The summed E-state index contributed by atoms with van der Waals surface area (Å²) in [6.45, 7) is 26.8. The maximum Gasteiger partial charge on any atom is 0.141 e. The van der Waals surface area contributed by atoms with Crippen molar-refractivity contribution in [1.82, 2.24) is 0 Å². The highest BCUT2D eigenvalue weighted by Gasteiger charge is 2.39. The Kier molecular flexibility index (Phi) is 12.7. The SMILES string of the molecule is CC(C)C(C)c1ccc(C(O)(c2ccc(C(C)(C)C)cc2)c2ccccc2-c2ccc(-c3ccccc3C(O)(c3ccc(C(C)(C)C)cc3)c3ccc(C(C)(C)C)cc3)c3ccccc23)cc1. The fourth-order valence-corrected chi connectivity index (χ4v) is 9.84.